The first-order valence-electron chi connectivity index (χ1n) is 8.88. The third-order valence-electron chi connectivity index (χ3n) is 4.33. The molecule has 0 radical (unpaired) electrons. The van der Waals surface area contributed by atoms with Crippen LogP contribution >= 0.6 is 0 Å². The molecular weight excluding hydrogens is 346 g/mol. The van der Waals surface area contributed by atoms with Crippen molar-refractivity contribution in [1.29, 1.82) is 0 Å². The lowest BCUT2D eigenvalue weighted by molar-refractivity contribution is 0.103. The molecule has 0 amide bonds. The average molecular weight is 363 g/mol. The van der Waals surface area contributed by atoms with Crippen LogP contribution in [0.3, 0.4) is 0 Å². The number of hydrogen-bond donors (Lipinski definition) is 0. The lowest BCUT2D eigenvalue weighted by atomic mass is 10.1. The van der Waals surface area contributed by atoms with Crippen LogP contribution in [0.2, 0.25) is 0 Å². The number of carbonyl (C=O) groups excluding carboxylic acids is 1. The zero-order valence-electron chi connectivity index (χ0n) is 15.3. The fourth-order valence-corrected chi connectivity index (χ4v) is 2.85. The Labute approximate surface area is 163 Å². The van der Waals surface area contributed by atoms with E-state index in [4.69, 9.17) is 0 Å². The maximum absolute atomic E-state index is 13.2. The SMILES string of the molecule is Cc1ccc(-n2cnc(/N=C/c3ccccc3)c2C(=O)c2cc#ccc2)cc1. The summed E-state index contributed by atoms with van der Waals surface area (Å²) in [6, 6.07) is 28.3. The molecule has 0 saturated heterocycles. The Kier molecular flexibility index (Phi) is 4.81. The van der Waals surface area contributed by atoms with Gasteiger partial charge in [0.25, 0.3) is 0 Å². The highest BCUT2D eigenvalue weighted by molar-refractivity contribution is 6.11. The van der Waals surface area contributed by atoms with E-state index in [-0.39, 0.29) is 5.78 Å². The Hall–Kier alpha value is -3.97. The van der Waals surface area contributed by atoms with E-state index in [0.29, 0.717) is 17.1 Å². The van der Waals surface area contributed by atoms with E-state index < -0.39 is 0 Å². The highest BCUT2D eigenvalue weighted by Crippen LogP contribution is 2.24. The van der Waals surface area contributed by atoms with E-state index in [0.717, 1.165) is 16.8 Å². The highest BCUT2D eigenvalue weighted by atomic mass is 16.1. The van der Waals surface area contributed by atoms with E-state index in [1.54, 1.807) is 35.3 Å². The van der Waals surface area contributed by atoms with Crippen LogP contribution in [0.1, 0.15) is 27.2 Å². The Bertz CT molecular complexity index is 1110. The summed E-state index contributed by atoms with van der Waals surface area (Å²) < 4.78 is 1.77. The van der Waals surface area contributed by atoms with Crippen LogP contribution in [0.4, 0.5) is 5.82 Å². The predicted molar refractivity (Wildman–Crippen MR) is 110 cm³/mol. The molecule has 1 aromatic heterocycles. The first-order valence-corrected chi connectivity index (χ1v) is 8.88. The number of imidazole rings is 1. The van der Waals surface area contributed by atoms with Gasteiger partial charge in [-0.25, -0.2) is 9.98 Å². The minimum Gasteiger partial charge on any atom is -0.294 e. The van der Waals surface area contributed by atoms with Gasteiger partial charge in [0.15, 0.2) is 5.82 Å². The molecule has 134 valence electrons. The van der Waals surface area contributed by atoms with Gasteiger partial charge in [0, 0.05) is 17.5 Å². The molecule has 0 aliphatic rings. The number of carbonyl (C=O) groups is 1. The van der Waals surface area contributed by atoms with Gasteiger partial charge in [0.05, 0.1) is 0 Å². The molecule has 0 unspecified atom stereocenters. The standard InChI is InChI=1S/C24H17N3O/c1-18-12-14-21(15-13-18)27-17-26-24(25-16-19-8-4-2-5-9-19)22(27)23(28)20-10-6-3-7-11-20/h2,4-6,8-17H,1H3/b25-16+. The van der Waals surface area contributed by atoms with Crippen molar-refractivity contribution in [2.24, 2.45) is 4.99 Å². The molecule has 4 nitrogen and oxygen atoms in total. The van der Waals surface area contributed by atoms with E-state index in [1.165, 1.54) is 0 Å². The third kappa shape index (κ3) is 3.60. The van der Waals surface area contributed by atoms with Crippen molar-refractivity contribution in [1.82, 2.24) is 9.55 Å². The molecule has 4 heteroatoms. The Balaban J connectivity index is 1.81. The molecule has 0 spiro atoms. The van der Waals surface area contributed by atoms with Crippen molar-refractivity contribution in [2.75, 3.05) is 0 Å². The average Bonchev–Trinajstić information content (AvgIpc) is 3.17. The minimum atomic E-state index is -0.163. The summed E-state index contributed by atoms with van der Waals surface area (Å²) >= 11 is 0. The lowest BCUT2D eigenvalue weighted by Crippen LogP contribution is -2.08. The zero-order valence-corrected chi connectivity index (χ0v) is 15.3. The van der Waals surface area contributed by atoms with Crippen molar-refractivity contribution >= 4 is 17.8 Å². The van der Waals surface area contributed by atoms with Gasteiger partial charge in [0.1, 0.15) is 12.0 Å². The van der Waals surface area contributed by atoms with Crippen LogP contribution in [0.15, 0.2) is 84.1 Å². The van der Waals surface area contributed by atoms with Crippen LogP contribution in [-0.4, -0.2) is 21.5 Å². The molecule has 0 aliphatic heterocycles. The van der Waals surface area contributed by atoms with Crippen LogP contribution < -0.4 is 0 Å². The molecule has 4 rings (SSSR count). The van der Waals surface area contributed by atoms with E-state index in [9.17, 15) is 4.79 Å². The van der Waals surface area contributed by atoms with Crippen LogP contribution in [-0.2, 0) is 0 Å². The van der Waals surface area contributed by atoms with Crippen molar-refractivity contribution in [3.8, 4) is 5.69 Å². The van der Waals surface area contributed by atoms with Crippen molar-refractivity contribution in [2.45, 2.75) is 6.92 Å². The molecule has 0 N–H and O–H groups in total. The second kappa shape index (κ2) is 7.73. The van der Waals surface area contributed by atoms with Gasteiger partial charge < -0.3 is 0 Å². The van der Waals surface area contributed by atoms with Gasteiger partial charge in [-0.1, -0.05) is 60.2 Å². The smallest absolute Gasteiger partial charge is 0.214 e. The number of hydrogen-bond acceptors (Lipinski definition) is 3. The molecular formula is C24H17N3O. The molecule has 4 aromatic rings. The van der Waals surface area contributed by atoms with Gasteiger partial charge >= 0.3 is 0 Å². The van der Waals surface area contributed by atoms with Crippen LogP contribution in [0.5, 0.6) is 0 Å². The fraction of sp³-hybridized carbons (Fsp3) is 0.0417. The molecule has 0 atom stereocenters. The minimum absolute atomic E-state index is 0.163. The van der Waals surface area contributed by atoms with Gasteiger partial charge in [-0.3, -0.25) is 9.36 Å². The molecule has 1 heterocycles. The molecule has 0 bridgehead atoms. The molecule has 0 aliphatic carbocycles. The Morgan fingerprint density at radius 1 is 1.04 bits per heavy atom. The number of nitrogens with zero attached hydrogens (tertiary/aromatic N) is 3. The maximum atomic E-state index is 13.2. The van der Waals surface area contributed by atoms with E-state index in [1.807, 2.05) is 61.5 Å². The summed E-state index contributed by atoms with van der Waals surface area (Å²) in [7, 11) is 0. The van der Waals surface area contributed by atoms with Crippen molar-refractivity contribution < 1.29 is 4.79 Å². The molecule has 28 heavy (non-hydrogen) atoms. The summed E-state index contributed by atoms with van der Waals surface area (Å²) in [4.78, 5) is 22.1. The second-order valence-electron chi connectivity index (χ2n) is 6.34. The van der Waals surface area contributed by atoms with Gasteiger partial charge in [-0.05, 0) is 42.8 Å². The zero-order chi connectivity index (χ0) is 19.3. The Morgan fingerprint density at radius 2 is 1.82 bits per heavy atom. The number of rotatable bonds is 5. The predicted octanol–water partition coefficient (Wildman–Crippen LogP) is 4.76. The van der Waals surface area contributed by atoms with Crippen molar-refractivity contribution in [3.63, 3.8) is 0 Å². The number of benzene rings is 2. The number of aryl methyl sites for hydroxylation is 1. The largest absolute Gasteiger partial charge is 0.294 e. The highest BCUT2D eigenvalue weighted by Gasteiger charge is 2.21. The fourth-order valence-electron chi connectivity index (χ4n) is 2.85. The summed E-state index contributed by atoms with van der Waals surface area (Å²) in [6.45, 7) is 2.02. The van der Waals surface area contributed by atoms with Gasteiger partial charge in [-0.2, -0.15) is 0 Å². The topological polar surface area (TPSA) is 47.2 Å². The molecule has 0 fully saturated rings. The Morgan fingerprint density at radius 3 is 2.54 bits per heavy atom. The van der Waals surface area contributed by atoms with Crippen LogP contribution in [0.25, 0.3) is 5.69 Å². The maximum Gasteiger partial charge on any atom is 0.214 e. The summed E-state index contributed by atoms with van der Waals surface area (Å²) in [5.41, 5.74) is 3.87. The number of aromatic nitrogens is 2. The normalized spacial score (nSPS) is 10.8. The van der Waals surface area contributed by atoms with E-state index in [2.05, 4.69) is 22.1 Å². The number of ketones is 1. The van der Waals surface area contributed by atoms with Gasteiger partial charge in [-0.15, -0.1) is 0 Å². The summed E-state index contributed by atoms with van der Waals surface area (Å²) in [5.74, 6) is 0.214. The second-order valence-corrected chi connectivity index (χ2v) is 6.34. The van der Waals surface area contributed by atoms with Crippen molar-refractivity contribution in [3.05, 3.63) is 114 Å². The van der Waals surface area contributed by atoms with E-state index >= 15 is 0 Å². The monoisotopic (exact) mass is 363 g/mol. The summed E-state index contributed by atoms with van der Waals surface area (Å²) in [5, 5.41) is 0. The molecule has 3 aromatic carbocycles. The summed E-state index contributed by atoms with van der Waals surface area (Å²) in [6.07, 6.45) is 3.35. The number of aliphatic imine (C=N–C) groups is 1. The third-order valence-corrected chi connectivity index (χ3v) is 4.33. The molecule has 0 saturated carbocycles. The first-order chi connectivity index (χ1) is 13.7. The van der Waals surface area contributed by atoms with Crippen LogP contribution in [0, 0.1) is 19.1 Å². The quantitative estimate of drug-likeness (QED) is 0.379. The first kappa shape index (κ1) is 17.4. The lowest BCUT2D eigenvalue weighted by Gasteiger charge is -2.08. The van der Waals surface area contributed by atoms with Gasteiger partial charge in [0.2, 0.25) is 5.78 Å².